The normalized spacial score (nSPS) is 16.1. The topological polar surface area (TPSA) is 89.3 Å². The van der Waals surface area contributed by atoms with Gasteiger partial charge in [0.1, 0.15) is 11.8 Å². The van der Waals surface area contributed by atoms with E-state index in [1.54, 1.807) is 42.5 Å². The molecule has 0 spiro atoms. The standard InChI is InChI=1S/C25H31N5O3/c1-15(2)21-13-19(20-14-26-30(16(3)4)23(20)28-21)25(32)29-12-6-7-22(29)24(31)27-17-8-10-18(33-5)11-9-17/h8-11,13-16,22H,6-7,12H2,1-5H3,(H,27,31)/t22-/m1/s1. The molecule has 0 unspecified atom stereocenters. The van der Waals surface area contributed by atoms with Gasteiger partial charge < -0.3 is 15.0 Å². The maximum absolute atomic E-state index is 13.7. The van der Waals surface area contributed by atoms with Crippen LogP contribution in [0.4, 0.5) is 5.69 Å². The third-order valence-electron chi connectivity index (χ3n) is 6.07. The van der Waals surface area contributed by atoms with Gasteiger partial charge in [0.15, 0.2) is 5.65 Å². The lowest BCUT2D eigenvalue weighted by Crippen LogP contribution is -2.43. The second kappa shape index (κ2) is 9.21. The Kier molecular flexibility index (Phi) is 6.35. The number of nitrogens with zero attached hydrogens (tertiary/aromatic N) is 4. The number of anilines is 1. The Morgan fingerprint density at radius 2 is 1.88 bits per heavy atom. The molecule has 1 aliphatic heterocycles. The van der Waals surface area contributed by atoms with Crippen LogP contribution in [0.25, 0.3) is 11.0 Å². The number of methoxy groups -OCH3 is 1. The van der Waals surface area contributed by atoms with Crippen molar-refractivity contribution in [2.75, 3.05) is 19.0 Å². The SMILES string of the molecule is COc1ccc(NC(=O)[C@H]2CCCN2C(=O)c2cc(C(C)C)nc3c2cnn3C(C)C)cc1. The van der Waals surface area contributed by atoms with Crippen LogP contribution in [0.15, 0.2) is 36.5 Å². The average molecular weight is 450 g/mol. The van der Waals surface area contributed by atoms with Gasteiger partial charge in [-0.3, -0.25) is 9.59 Å². The zero-order valence-corrected chi connectivity index (χ0v) is 19.8. The quantitative estimate of drug-likeness (QED) is 0.603. The second-order valence-electron chi connectivity index (χ2n) is 9.04. The first-order valence-electron chi connectivity index (χ1n) is 11.4. The zero-order chi connectivity index (χ0) is 23.7. The van der Waals surface area contributed by atoms with E-state index in [4.69, 9.17) is 9.72 Å². The second-order valence-corrected chi connectivity index (χ2v) is 9.04. The van der Waals surface area contributed by atoms with Crippen LogP contribution >= 0.6 is 0 Å². The Labute approximate surface area is 193 Å². The lowest BCUT2D eigenvalue weighted by Gasteiger charge is -2.25. The molecule has 1 aliphatic rings. The maximum atomic E-state index is 13.7. The highest BCUT2D eigenvalue weighted by atomic mass is 16.5. The molecule has 3 aromatic rings. The number of pyridine rings is 1. The minimum Gasteiger partial charge on any atom is -0.497 e. The van der Waals surface area contributed by atoms with E-state index in [0.29, 0.717) is 29.9 Å². The van der Waals surface area contributed by atoms with E-state index >= 15 is 0 Å². The van der Waals surface area contributed by atoms with Crippen LogP contribution in [-0.2, 0) is 4.79 Å². The summed E-state index contributed by atoms with van der Waals surface area (Å²) in [5.74, 6) is 0.540. The Hall–Kier alpha value is -3.42. The van der Waals surface area contributed by atoms with Gasteiger partial charge in [-0.05, 0) is 62.9 Å². The minimum absolute atomic E-state index is 0.121. The fraction of sp³-hybridized carbons (Fsp3) is 0.440. The molecule has 1 N–H and O–H groups in total. The summed E-state index contributed by atoms with van der Waals surface area (Å²) in [4.78, 5) is 33.3. The fourth-order valence-corrected chi connectivity index (χ4v) is 4.23. The summed E-state index contributed by atoms with van der Waals surface area (Å²) in [6, 6.07) is 8.62. The molecule has 33 heavy (non-hydrogen) atoms. The molecule has 0 bridgehead atoms. The monoisotopic (exact) mass is 449 g/mol. The molecular weight excluding hydrogens is 418 g/mol. The summed E-state index contributed by atoms with van der Waals surface area (Å²) >= 11 is 0. The Balaban J connectivity index is 1.64. The number of carbonyl (C=O) groups excluding carboxylic acids is 2. The van der Waals surface area contributed by atoms with Crippen LogP contribution in [0, 0.1) is 0 Å². The first-order valence-corrected chi connectivity index (χ1v) is 11.4. The van der Waals surface area contributed by atoms with Crippen molar-refractivity contribution in [1.82, 2.24) is 19.7 Å². The zero-order valence-electron chi connectivity index (χ0n) is 19.8. The van der Waals surface area contributed by atoms with E-state index in [2.05, 4.69) is 24.3 Å². The Morgan fingerprint density at radius 1 is 1.15 bits per heavy atom. The fourth-order valence-electron chi connectivity index (χ4n) is 4.23. The summed E-state index contributed by atoms with van der Waals surface area (Å²) in [5.41, 5.74) is 2.77. The van der Waals surface area contributed by atoms with Gasteiger partial charge in [0.2, 0.25) is 5.91 Å². The number of aromatic nitrogens is 3. The van der Waals surface area contributed by atoms with Gasteiger partial charge in [-0.2, -0.15) is 5.10 Å². The molecule has 3 heterocycles. The van der Waals surface area contributed by atoms with Crippen LogP contribution in [0.3, 0.4) is 0 Å². The summed E-state index contributed by atoms with van der Waals surface area (Å²) < 4.78 is 7.01. The van der Waals surface area contributed by atoms with Crippen molar-refractivity contribution < 1.29 is 14.3 Å². The smallest absolute Gasteiger partial charge is 0.255 e. The molecule has 8 nitrogen and oxygen atoms in total. The lowest BCUT2D eigenvalue weighted by atomic mass is 10.0. The Morgan fingerprint density at radius 3 is 2.52 bits per heavy atom. The van der Waals surface area contributed by atoms with Gasteiger partial charge in [0.25, 0.3) is 5.91 Å². The van der Waals surface area contributed by atoms with Gasteiger partial charge in [0, 0.05) is 24.0 Å². The van der Waals surface area contributed by atoms with Gasteiger partial charge >= 0.3 is 0 Å². The lowest BCUT2D eigenvalue weighted by molar-refractivity contribution is -0.119. The molecule has 1 aromatic carbocycles. The molecule has 0 saturated carbocycles. The van der Waals surface area contributed by atoms with E-state index in [0.717, 1.165) is 23.3 Å². The molecule has 1 saturated heterocycles. The van der Waals surface area contributed by atoms with Crippen molar-refractivity contribution in [3.63, 3.8) is 0 Å². The number of hydrogen-bond donors (Lipinski definition) is 1. The van der Waals surface area contributed by atoms with Crippen LogP contribution in [0.2, 0.25) is 0 Å². The number of carbonyl (C=O) groups is 2. The van der Waals surface area contributed by atoms with Crippen molar-refractivity contribution in [2.24, 2.45) is 0 Å². The van der Waals surface area contributed by atoms with Crippen LogP contribution in [-0.4, -0.2) is 51.2 Å². The molecule has 0 radical (unpaired) electrons. The number of hydrogen-bond acceptors (Lipinski definition) is 5. The van der Waals surface area contributed by atoms with E-state index < -0.39 is 6.04 Å². The molecular formula is C25H31N5O3. The van der Waals surface area contributed by atoms with E-state index in [9.17, 15) is 9.59 Å². The summed E-state index contributed by atoms with van der Waals surface area (Å²) in [7, 11) is 1.60. The van der Waals surface area contributed by atoms with E-state index in [-0.39, 0.29) is 23.8 Å². The number of rotatable bonds is 6. The van der Waals surface area contributed by atoms with Crippen molar-refractivity contribution in [1.29, 1.82) is 0 Å². The number of amides is 2. The van der Waals surface area contributed by atoms with Gasteiger partial charge in [-0.1, -0.05) is 13.8 Å². The number of fused-ring (bicyclic) bond motifs is 1. The number of benzene rings is 1. The minimum atomic E-state index is -0.523. The molecule has 1 atom stereocenters. The van der Waals surface area contributed by atoms with E-state index in [1.165, 1.54) is 0 Å². The summed E-state index contributed by atoms with van der Waals surface area (Å²) in [5, 5.41) is 8.14. The highest BCUT2D eigenvalue weighted by Crippen LogP contribution is 2.28. The first-order chi connectivity index (χ1) is 15.8. The number of likely N-dealkylation sites (tertiary alicyclic amines) is 1. The summed E-state index contributed by atoms with van der Waals surface area (Å²) in [6.45, 7) is 8.73. The van der Waals surface area contributed by atoms with Gasteiger partial charge in [-0.25, -0.2) is 9.67 Å². The maximum Gasteiger partial charge on any atom is 0.255 e. The molecule has 8 heteroatoms. The van der Waals surface area contributed by atoms with Gasteiger partial charge in [0.05, 0.1) is 24.3 Å². The van der Waals surface area contributed by atoms with E-state index in [1.807, 2.05) is 24.6 Å². The highest BCUT2D eigenvalue weighted by molar-refractivity contribution is 6.08. The average Bonchev–Trinajstić information content (AvgIpc) is 3.46. The highest BCUT2D eigenvalue weighted by Gasteiger charge is 2.36. The Bertz CT molecular complexity index is 1170. The molecule has 4 rings (SSSR count). The number of nitrogens with one attached hydrogen (secondary N) is 1. The number of ether oxygens (including phenoxy) is 1. The van der Waals surface area contributed by atoms with Crippen LogP contribution < -0.4 is 10.1 Å². The predicted molar refractivity (Wildman–Crippen MR) is 128 cm³/mol. The van der Waals surface area contributed by atoms with Crippen molar-refractivity contribution in [2.45, 2.75) is 58.5 Å². The first kappa shape index (κ1) is 22.8. The largest absolute Gasteiger partial charge is 0.497 e. The van der Waals surface area contributed by atoms with Crippen molar-refractivity contribution >= 4 is 28.5 Å². The van der Waals surface area contributed by atoms with Crippen molar-refractivity contribution in [3.8, 4) is 5.75 Å². The van der Waals surface area contributed by atoms with Gasteiger partial charge in [-0.15, -0.1) is 0 Å². The predicted octanol–water partition coefficient (Wildman–Crippen LogP) is 4.39. The van der Waals surface area contributed by atoms with Crippen LogP contribution in [0.1, 0.15) is 68.5 Å². The molecule has 174 valence electrons. The van der Waals surface area contributed by atoms with Crippen LogP contribution in [0.5, 0.6) is 5.75 Å². The third kappa shape index (κ3) is 4.42. The molecule has 2 aromatic heterocycles. The summed E-state index contributed by atoms with van der Waals surface area (Å²) in [6.07, 6.45) is 3.12. The van der Waals surface area contributed by atoms with Crippen molar-refractivity contribution in [3.05, 3.63) is 47.8 Å². The molecule has 2 amide bonds. The third-order valence-corrected chi connectivity index (χ3v) is 6.07. The molecule has 0 aliphatic carbocycles. The molecule has 1 fully saturated rings.